The third-order valence-electron chi connectivity index (χ3n) is 4.30. The largest absolute Gasteiger partial charge is 0.481 e. The molecule has 0 bridgehead atoms. The van der Waals surface area contributed by atoms with Gasteiger partial charge in [0.1, 0.15) is 0 Å². The van der Waals surface area contributed by atoms with Gasteiger partial charge in [0.15, 0.2) is 12.2 Å². The fraction of sp³-hybridized carbons (Fsp3) is 0.850. The Bertz CT molecular complexity index is 393. The first-order valence-electron chi connectivity index (χ1n) is 10.3. The van der Waals surface area contributed by atoms with Gasteiger partial charge in [0.05, 0.1) is 0 Å². The standard InChI is InChI=1S/C16H32O2.C4H6O6/c1-2-3-4-5-6-7-8-9-10-11-12-13-14-15-16(17)18;5-1(3(7)8)2(6)4(9)10/h2-15H2,1H3,(H,17,18);1-2,5-6H,(H,7,8)(H,9,10). The molecular formula is C20H38O8. The van der Waals surface area contributed by atoms with E-state index >= 15 is 0 Å². The number of carboxylic acid groups (broad SMARTS) is 3. The minimum absolute atomic E-state index is 0.345. The Kier molecular flexibility index (Phi) is 20.5. The maximum absolute atomic E-state index is 10.3. The van der Waals surface area contributed by atoms with E-state index in [9.17, 15) is 14.4 Å². The van der Waals surface area contributed by atoms with Crippen LogP contribution in [0.2, 0.25) is 0 Å². The molecule has 0 heterocycles. The van der Waals surface area contributed by atoms with Crippen LogP contribution in [0.4, 0.5) is 0 Å². The summed E-state index contributed by atoms with van der Waals surface area (Å²) in [7, 11) is 0. The maximum atomic E-state index is 10.3. The molecule has 0 aromatic heterocycles. The lowest BCUT2D eigenvalue weighted by atomic mass is 10.0. The van der Waals surface area contributed by atoms with Crippen LogP contribution in [0.3, 0.4) is 0 Å². The number of hydrogen-bond acceptors (Lipinski definition) is 5. The van der Waals surface area contributed by atoms with E-state index in [4.69, 9.17) is 25.5 Å². The maximum Gasteiger partial charge on any atom is 0.335 e. The highest BCUT2D eigenvalue weighted by molar-refractivity contribution is 5.83. The molecule has 0 rings (SSSR count). The van der Waals surface area contributed by atoms with Crippen molar-refractivity contribution in [2.75, 3.05) is 0 Å². The van der Waals surface area contributed by atoms with Gasteiger partial charge in [-0.05, 0) is 6.42 Å². The molecule has 0 amide bonds. The summed E-state index contributed by atoms with van der Waals surface area (Å²) in [5, 5.41) is 41.0. The molecule has 0 spiro atoms. The second-order valence-corrected chi connectivity index (χ2v) is 6.95. The zero-order valence-electron chi connectivity index (χ0n) is 17.0. The zero-order valence-corrected chi connectivity index (χ0v) is 17.0. The quantitative estimate of drug-likeness (QED) is 0.230. The SMILES string of the molecule is CCCCCCCCCCCCCCCC(=O)O.O=C(O)C(O)C(O)C(=O)O. The molecule has 2 unspecified atom stereocenters. The van der Waals surface area contributed by atoms with Crippen LogP contribution in [0.1, 0.15) is 96.8 Å². The molecule has 5 N–H and O–H groups in total. The minimum Gasteiger partial charge on any atom is -0.481 e. The second-order valence-electron chi connectivity index (χ2n) is 6.95. The van der Waals surface area contributed by atoms with Crippen LogP contribution in [-0.4, -0.2) is 55.6 Å². The molecule has 0 saturated heterocycles. The van der Waals surface area contributed by atoms with Gasteiger partial charge in [0.25, 0.3) is 0 Å². The number of aliphatic carboxylic acids is 3. The highest BCUT2D eigenvalue weighted by Crippen LogP contribution is 2.12. The van der Waals surface area contributed by atoms with Crippen LogP contribution < -0.4 is 0 Å². The van der Waals surface area contributed by atoms with E-state index in [1.807, 2.05) is 0 Å². The molecule has 2 atom stereocenters. The minimum atomic E-state index is -2.27. The van der Waals surface area contributed by atoms with Crippen LogP contribution in [0, 0.1) is 0 Å². The number of carboxylic acids is 3. The number of rotatable bonds is 17. The van der Waals surface area contributed by atoms with Gasteiger partial charge in [-0.25, -0.2) is 9.59 Å². The summed E-state index contributed by atoms with van der Waals surface area (Å²) in [5.41, 5.74) is 0. The molecule has 8 nitrogen and oxygen atoms in total. The Labute approximate surface area is 167 Å². The van der Waals surface area contributed by atoms with E-state index in [0.717, 1.165) is 12.8 Å². The smallest absolute Gasteiger partial charge is 0.335 e. The fourth-order valence-electron chi connectivity index (χ4n) is 2.56. The first kappa shape index (κ1) is 28.5. The van der Waals surface area contributed by atoms with Crippen molar-refractivity contribution in [3.05, 3.63) is 0 Å². The zero-order chi connectivity index (χ0) is 21.8. The third kappa shape index (κ3) is 20.6. The summed E-state index contributed by atoms with van der Waals surface area (Å²) in [6.07, 6.45) is 12.7. The van der Waals surface area contributed by atoms with E-state index in [2.05, 4.69) is 6.92 Å². The molecular weight excluding hydrogens is 368 g/mol. The first-order chi connectivity index (χ1) is 13.2. The summed E-state index contributed by atoms with van der Waals surface area (Å²) < 4.78 is 0. The Balaban J connectivity index is 0. The summed E-state index contributed by atoms with van der Waals surface area (Å²) in [6.45, 7) is 2.26. The van der Waals surface area contributed by atoms with Gasteiger partial charge >= 0.3 is 17.9 Å². The Morgan fingerprint density at radius 2 is 0.857 bits per heavy atom. The van der Waals surface area contributed by atoms with Crippen molar-refractivity contribution >= 4 is 17.9 Å². The number of unbranched alkanes of at least 4 members (excludes halogenated alkanes) is 12. The summed E-state index contributed by atoms with van der Waals surface area (Å²) >= 11 is 0. The second kappa shape index (κ2) is 20.1. The van der Waals surface area contributed by atoms with Crippen molar-refractivity contribution in [3.8, 4) is 0 Å². The number of aliphatic hydroxyl groups excluding tert-OH is 2. The van der Waals surface area contributed by atoms with Gasteiger partial charge in [-0.1, -0.05) is 84.0 Å². The topological polar surface area (TPSA) is 152 Å². The van der Waals surface area contributed by atoms with Crippen molar-refractivity contribution in [3.63, 3.8) is 0 Å². The highest BCUT2D eigenvalue weighted by Gasteiger charge is 2.29. The molecule has 28 heavy (non-hydrogen) atoms. The highest BCUT2D eigenvalue weighted by atomic mass is 16.4. The van der Waals surface area contributed by atoms with E-state index in [-0.39, 0.29) is 0 Å². The molecule has 0 aliphatic heterocycles. The van der Waals surface area contributed by atoms with Crippen molar-refractivity contribution in [1.29, 1.82) is 0 Å². The van der Waals surface area contributed by atoms with E-state index in [1.54, 1.807) is 0 Å². The molecule has 0 aliphatic carbocycles. The molecule has 0 aromatic rings. The molecule has 0 aromatic carbocycles. The lowest BCUT2D eigenvalue weighted by molar-refractivity contribution is -0.165. The lowest BCUT2D eigenvalue weighted by Crippen LogP contribution is -2.39. The number of hydrogen-bond donors (Lipinski definition) is 5. The molecule has 0 aliphatic rings. The normalized spacial score (nSPS) is 12.5. The van der Waals surface area contributed by atoms with Gasteiger partial charge < -0.3 is 25.5 Å². The molecule has 0 saturated carbocycles. The van der Waals surface area contributed by atoms with Gasteiger partial charge in [-0.3, -0.25) is 4.79 Å². The van der Waals surface area contributed by atoms with Gasteiger partial charge in [-0.15, -0.1) is 0 Å². The van der Waals surface area contributed by atoms with Crippen LogP contribution in [-0.2, 0) is 14.4 Å². The van der Waals surface area contributed by atoms with Crippen molar-refractivity contribution in [1.82, 2.24) is 0 Å². The predicted octanol–water partition coefficient (Wildman–Crippen LogP) is 3.43. The van der Waals surface area contributed by atoms with Gasteiger partial charge in [-0.2, -0.15) is 0 Å². The van der Waals surface area contributed by atoms with E-state index in [0.29, 0.717) is 6.42 Å². The van der Waals surface area contributed by atoms with Gasteiger partial charge in [0.2, 0.25) is 0 Å². The van der Waals surface area contributed by atoms with E-state index in [1.165, 1.54) is 70.6 Å². The molecule has 166 valence electrons. The number of aliphatic hydroxyl groups is 2. The number of carbonyl (C=O) groups is 3. The molecule has 0 fully saturated rings. The molecule has 8 heteroatoms. The van der Waals surface area contributed by atoms with Gasteiger partial charge in [0, 0.05) is 6.42 Å². The van der Waals surface area contributed by atoms with Crippen LogP contribution in [0.15, 0.2) is 0 Å². The lowest BCUT2D eigenvalue weighted by Gasteiger charge is -2.07. The van der Waals surface area contributed by atoms with Crippen molar-refractivity contribution in [2.24, 2.45) is 0 Å². The predicted molar refractivity (Wildman–Crippen MR) is 105 cm³/mol. The Morgan fingerprint density at radius 1 is 0.571 bits per heavy atom. The Hall–Kier alpha value is -1.67. The van der Waals surface area contributed by atoms with Crippen molar-refractivity contribution < 1.29 is 39.9 Å². The monoisotopic (exact) mass is 406 g/mol. The van der Waals surface area contributed by atoms with Crippen LogP contribution in [0.25, 0.3) is 0 Å². The van der Waals surface area contributed by atoms with Crippen LogP contribution >= 0.6 is 0 Å². The molecule has 0 radical (unpaired) electrons. The summed E-state index contributed by atoms with van der Waals surface area (Å²) in [5.74, 6) is -4.19. The third-order valence-corrected chi connectivity index (χ3v) is 4.30. The van der Waals surface area contributed by atoms with E-state index < -0.39 is 30.1 Å². The fourth-order valence-corrected chi connectivity index (χ4v) is 2.56. The summed E-state index contributed by atoms with van der Waals surface area (Å²) in [6, 6.07) is 0. The van der Waals surface area contributed by atoms with Crippen LogP contribution in [0.5, 0.6) is 0 Å². The summed E-state index contributed by atoms with van der Waals surface area (Å²) in [4.78, 5) is 29.8. The van der Waals surface area contributed by atoms with Crippen molar-refractivity contribution in [2.45, 2.75) is 109 Å². The first-order valence-corrected chi connectivity index (χ1v) is 10.3. The average molecular weight is 407 g/mol. The Morgan fingerprint density at radius 3 is 1.11 bits per heavy atom. The average Bonchev–Trinajstić information content (AvgIpc) is 2.64.